The van der Waals surface area contributed by atoms with E-state index in [1.165, 1.54) is 5.69 Å². The molecule has 2 rings (SSSR count). The third kappa shape index (κ3) is 4.46. The first kappa shape index (κ1) is 15.8. The summed E-state index contributed by atoms with van der Waals surface area (Å²) in [5.74, 6) is -0.184. The van der Waals surface area contributed by atoms with Crippen LogP contribution < -0.4 is 10.2 Å². The number of hydrogen-bond donors (Lipinski definition) is 2. The molecule has 0 unspecified atom stereocenters. The summed E-state index contributed by atoms with van der Waals surface area (Å²) >= 11 is 0. The zero-order valence-corrected chi connectivity index (χ0v) is 12.8. The highest BCUT2D eigenvalue weighted by atomic mass is 16.3. The molecule has 0 atom stereocenters. The minimum atomic E-state index is -1.10. The van der Waals surface area contributed by atoms with Crippen molar-refractivity contribution in [2.75, 3.05) is 25.0 Å². The number of anilines is 1. The number of nitrogens with zero attached hydrogens (tertiary/aromatic N) is 1. The molecular weight excluding hydrogens is 264 g/mol. The Morgan fingerprint density at radius 3 is 2.57 bits per heavy atom. The Kier molecular flexibility index (Phi) is 5.62. The van der Waals surface area contributed by atoms with Gasteiger partial charge in [-0.1, -0.05) is 18.2 Å². The second-order valence-corrected chi connectivity index (χ2v) is 5.96. The van der Waals surface area contributed by atoms with Gasteiger partial charge in [-0.05, 0) is 50.7 Å². The first-order chi connectivity index (χ1) is 10.1. The summed E-state index contributed by atoms with van der Waals surface area (Å²) in [6, 6.07) is 10.3. The minimum Gasteiger partial charge on any atom is -0.380 e. The maximum atomic E-state index is 11.9. The van der Waals surface area contributed by atoms with Gasteiger partial charge in [-0.2, -0.15) is 0 Å². The molecule has 1 aliphatic carbocycles. The highest BCUT2D eigenvalue weighted by Gasteiger charge is 2.38. The lowest BCUT2D eigenvalue weighted by Gasteiger charge is -2.21. The molecule has 1 fully saturated rings. The number of aliphatic hydroxyl groups is 1. The fourth-order valence-electron chi connectivity index (χ4n) is 2.84. The summed E-state index contributed by atoms with van der Waals surface area (Å²) in [4.78, 5) is 14.1. The quantitative estimate of drug-likeness (QED) is 0.758. The van der Waals surface area contributed by atoms with E-state index in [0.717, 1.165) is 32.2 Å². The van der Waals surface area contributed by atoms with Crippen molar-refractivity contribution >= 4 is 11.6 Å². The Morgan fingerprint density at radius 2 is 1.90 bits per heavy atom. The molecule has 116 valence electrons. The van der Waals surface area contributed by atoms with Gasteiger partial charge in [0, 0.05) is 25.8 Å². The summed E-state index contributed by atoms with van der Waals surface area (Å²) in [7, 11) is 2.08. The van der Waals surface area contributed by atoms with E-state index in [4.69, 9.17) is 0 Å². The molecule has 4 heteroatoms. The molecule has 1 saturated carbocycles. The average Bonchev–Trinajstić information content (AvgIpc) is 2.95. The molecular formula is C17H26N2O2. The van der Waals surface area contributed by atoms with E-state index in [1.54, 1.807) is 0 Å². The zero-order chi connectivity index (χ0) is 15.1. The van der Waals surface area contributed by atoms with E-state index < -0.39 is 5.60 Å². The predicted molar refractivity (Wildman–Crippen MR) is 85.4 cm³/mol. The van der Waals surface area contributed by atoms with Gasteiger partial charge in [0.2, 0.25) is 0 Å². The Bertz CT molecular complexity index is 441. The Morgan fingerprint density at radius 1 is 1.24 bits per heavy atom. The van der Waals surface area contributed by atoms with Gasteiger partial charge in [0.05, 0.1) is 0 Å². The fraction of sp³-hybridized carbons (Fsp3) is 0.588. The molecule has 0 aliphatic heterocycles. The van der Waals surface area contributed by atoms with Gasteiger partial charge < -0.3 is 15.3 Å². The number of amides is 1. The van der Waals surface area contributed by atoms with Crippen LogP contribution in [0.4, 0.5) is 5.69 Å². The number of benzene rings is 1. The van der Waals surface area contributed by atoms with Crippen molar-refractivity contribution < 1.29 is 9.90 Å². The first-order valence-electron chi connectivity index (χ1n) is 7.89. The Hall–Kier alpha value is -1.55. The SMILES string of the molecule is CN(CCCCNC(=O)C1(O)CCCC1)c1ccccc1. The lowest BCUT2D eigenvalue weighted by Crippen LogP contribution is -2.45. The molecule has 1 amide bonds. The van der Waals surface area contributed by atoms with Crippen molar-refractivity contribution in [3.8, 4) is 0 Å². The number of unbranched alkanes of at least 4 members (excludes halogenated alkanes) is 1. The van der Waals surface area contributed by atoms with Crippen LogP contribution in [0.5, 0.6) is 0 Å². The van der Waals surface area contributed by atoms with Crippen molar-refractivity contribution in [3.05, 3.63) is 30.3 Å². The van der Waals surface area contributed by atoms with E-state index >= 15 is 0 Å². The molecule has 0 radical (unpaired) electrons. The van der Waals surface area contributed by atoms with Gasteiger partial charge in [-0.3, -0.25) is 4.79 Å². The molecule has 2 N–H and O–H groups in total. The average molecular weight is 290 g/mol. The number of nitrogens with one attached hydrogen (secondary N) is 1. The van der Waals surface area contributed by atoms with Crippen LogP contribution >= 0.6 is 0 Å². The largest absolute Gasteiger partial charge is 0.380 e. The third-order valence-corrected chi connectivity index (χ3v) is 4.26. The van der Waals surface area contributed by atoms with Crippen molar-refractivity contribution in [2.24, 2.45) is 0 Å². The molecule has 1 aromatic rings. The summed E-state index contributed by atoms with van der Waals surface area (Å²) < 4.78 is 0. The second kappa shape index (κ2) is 7.46. The normalized spacial score (nSPS) is 16.7. The standard InChI is InChI=1S/C17H26N2O2/c1-19(15-9-3-2-4-10-15)14-8-7-13-18-16(20)17(21)11-5-6-12-17/h2-4,9-10,21H,5-8,11-14H2,1H3,(H,18,20). The summed E-state index contributed by atoms with van der Waals surface area (Å²) in [5, 5.41) is 13.0. The van der Waals surface area contributed by atoms with E-state index in [1.807, 2.05) is 18.2 Å². The van der Waals surface area contributed by atoms with Gasteiger partial charge in [0.25, 0.3) is 5.91 Å². The first-order valence-corrected chi connectivity index (χ1v) is 7.89. The monoisotopic (exact) mass is 290 g/mol. The molecule has 0 heterocycles. The van der Waals surface area contributed by atoms with Crippen LogP contribution in [0.1, 0.15) is 38.5 Å². The fourth-order valence-corrected chi connectivity index (χ4v) is 2.84. The van der Waals surface area contributed by atoms with Crippen LogP contribution in [-0.4, -0.2) is 36.8 Å². The summed E-state index contributed by atoms with van der Waals surface area (Å²) in [6.07, 6.45) is 5.06. The van der Waals surface area contributed by atoms with Crippen LogP contribution in [-0.2, 0) is 4.79 Å². The molecule has 21 heavy (non-hydrogen) atoms. The predicted octanol–water partition coefficient (Wildman–Crippen LogP) is 2.32. The summed E-state index contributed by atoms with van der Waals surface area (Å²) in [5.41, 5.74) is 0.114. The highest BCUT2D eigenvalue weighted by Crippen LogP contribution is 2.29. The third-order valence-electron chi connectivity index (χ3n) is 4.26. The number of para-hydroxylation sites is 1. The summed E-state index contributed by atoms with van der Waals surface area (Å²) in [6.45, 7) is 1.61. The number of rotatable bonds is 7. The zero-order valence-electron chi connectivity index (χ0n) is 12.8. The van der Waals surface area contributed by atoms with Gasteiger partial charge in [0.1, 0.15) is 5.60 Å². The van der Waals surface area contributed by atoms with Crippen molar-refractivity contribution in [1.82, 2.24) is 5.32 Å². The molecule has 1 aliphatic rings. The molecule has 1 aromatic carbocycles. The molecule has 0 saturated heterocycles. The Labute approximate surface area is 127 Å². The molecule has 4 nitrogen and oxygen atoms in total. The van der Waals surface area contributed by atoms with Crippen molar-refractivity contribution in [3.63, 3.8) is 0 Å². The van der Waals surface area contributed by atoms with Gasteiger partial charge in [-0.15, -0.1) is 0 Å². The van der Waals surface area contributed by atoms with Crippen LogP contribution in [0.25, 0.3) is 0 Å². The number of hydrogen-bond acceptors (Lipinski definition) is 3. The number of carbonyl (C=O) groups excluding carboxylic acids is 1. The minimum absolute atomic E-state index is 0.184. The van der Waals surface area contributed by atoms with Crippen LogP contribution in [0.2, 0.25) is 0 Å². The molecule has 0 aromatic heterocycles. The second-order valence-electron chi connectivity index (χ2n) is 5.96. The van der Waals surface area contributed by atoms with Crippen molar-refractivity contribution in [1.29, 1.82) is 0 Å². The van der Waals surface area contributed by atoms with Crippen LogP contribution in [0, 0.1) is 0 Å². The lowest BCUT2D eigenvalue weighted by atomic mass is 10.0. The van der Waals surface area contributed by atoms with E-state index in [-0.39, 0.29) is 5.91 Å². The van der Waals surface area contributed by atoms with Crippen LogP contribution in [0.3, 0.4) is 0 Å². The van der Waals surface area contributed by atoms with Crippen molar-refractivity contribution in [2.45, 2.75) is 44.1 Å². The molecule has 0 spiro atoms. The van der Waals surface area contributed by atoms with Gasteiger partial charge in [0.15, 0.2) is 0 Å². The van der Waals surface area contributed by atoms with E-state index in [2.05, 4.69) is 29.4 Å². The maximum absolute atomic E-state index is 11.9. The highest BCUT2D eigenvalue weighted by molar-refractivity contribution is 5.85. The number of carbonyl (C=O) groups is 1. The van der Waals surface area contributed by atoms with Gasteiger partial charge >= 0.3 is 0 Å². The molecule has 0 bridgehead atoms. The Balaban J connectivity index is 1.61. The van der Waals surface area contributed by atoms with Gasteiger partial charge in [-0.25, -0.2) is 0 Å². The lowest BCUT2D eigenvalue weighted by molar-refractivity contribution is -0.139. The van der Waals surface area contributed by atoms with Crippen LogP contribution in [0.15, 0.2) is 30.3 Å². The van der Waals surface area contributed by atoms with E-state index in [0.29, 0.717) is 19.4 Å². The smallest absolute Gasteiger partial charge is 0.251 e. The topological polar surface area (TPSA) is 52.6 Å². The maximum Gasteiger partial charge on any atom is 0.251 e. The van der Waals surface area contributed by atoms with E-state index in [9.17, 15) is 9.90 Å².